The van der Waals surface area contributed by atoms with E-state index in [-0.39, 0.29) is 24.8 Å². The summed E-state index contributed by atoms with van der Waals surface area (Å²) in [5.74, 6) is -3.74. The molecule has 0 aliphatic heterocycles. The molecule has 0 spiro atoms. The predicted molar refractivity (Wildman–Crippen MR) is 132 cm³/mol. The maximum Gasteiger partial charge on any atom is 0.310 e. The van der Waals surface area contributed by atoms with Crippen LogP contribution >= 0.6 is 11.8 Å². The van der Waals surface area contributed by atoms with E-state index in [1.807, 2.05) is 0 Å². The van der Waals surface area contributed by atoms with Crippen molar-refractivity contribution in [2.75, 3.05) is 6.01 Å². The Hall–Kier alpha value is -1.87. The van der Waals surface area contributed by atoms with Crippen LogP contribution < -0.4 is 0 Å². The van der Waals surface area contributed by atoms with Gasteiger partial charge in [-0.25, -0.2) is 13.2 Å². The van der Waals surface area contributed by atoms with Gasteiger partial charge in [-0.3, -0.25) is 14.4 Å². The lowest BCUT2D eigenvalue weighted by molar-refractivity contribution is -0.230. The fraction of sp³-hybridized carbons (Fsp3) is 0.679. The zero-order chi connectivity index (χ0) is 27.1. The van der Waals surface area contributed by atoms with Crippen LogP contribution in [0.3, 0.4) is 0 Å². The molecule has 5 nitrogen and oxygen atoms in total. The quantitative estimate of drug-likeness (QED) is 0.402. The highest BCUT2D eigenvalue weighted by atomic mass is 32.2. The molecule has 0 heterocycles. The Balaban J connectivity index is 1.60. The highest BCUT2D eigenvalue weighted by Gasteiger charge is 2.78. The Bertz CT molecular complexity index is 1130. The van der Waals surface area contributed by atoms with E-state index in [9.17, 15) is 23.9 Å². The van der Waals surface area contributed by atoms with E-state index in [4.69, 9.17) is 4.74 Å². The number of aliphatic hydroxyl groups excluding tert-OH is 1. The van der Waals surface area contributed by atoms with Crippen LogP contribution in [0.15, 0.2) is 36.0 Å². The second-order valence-electron chi connectivity index (χ2n) is 12.0. The van der Waals surface area contributed by atoms with Crippen molar-refractivity contribution in [3.05, 3.63) is 36.0 Å². The van der Waals surface area contributed by atoms with Gasteiger partial charge in [0, 0.05) is 22.7 Å². The molecule has 9 atom stereocenters. The summed E-state index contributed by atoms with van der Waals surface area (Å²) in [5, 5.41) is 10.8. The summed E-state index contributed by atoms with van der Waals surface area (Å²) in [6, 6.07) is -1.03. The van der Waals surface area contributed by atoms with Gasteiger partial charge >= 0.3 is 5.97 Å². The number of rotatable bonds is 4. The van der Waals surface area contributed by atoms with Crippen molar-refractivity contribution in [1.29, 1.82) is 0 Å². The second-order valence-corrected chi connectivity index (χ2v) is 12.9. The largest absolute Gasteiger partial charge is 0.449 e. The normalized spacial score (nSPS) is 46.9. The molecule has 5 aliphatic rings. The van der Waals surface area contributed by atoms with E-state index >= 15 is 8.78 Å². The first-order valence-corrected chi connectivity index (χ1v) is 13.8. The number of alkyl halides is 3. The highest BCUT2D eigenvalue weighted by Crippen LogP contribution is 2.72. The number of aliphatic hydroxyl groups is 1. The Morgan fingerprint density at radius 3 is 2.54 bits per heavy atom. The Labute approximate surface area is 219 Å². The van der Waals surface area contributed by atoms with Crippen molar-refractivity contribution >= 4 is 28.6 Å². The van der Waals surface area contributed by atoms with Crippen molar-refractivity contribution in [2.24, 2.45) is 34.5 Å². The Morgan fingerprint density at radius 1 is 1.24 bits per heavy atom. The van der Waals surface area contributed by atoms with Crippen LogP contribution in [0.4, 0.5) is 13.2 Å². The summed E-state index contributed by atoms with van der Waals surface area (Å²) < 4.78 is 52.6. The summed E-state index contributed by atoms with van der Waals surface area (Å²) in [6.07, 6.45) is 1.03. The smallest absolute Gasteiger partial charge is 0.310 e. The molecule has 4 fully saturated rings. The lowest BCUT2D eigenvalue weighted by Gasteiger charge is -2.63. The first kappa shape index (κ1) is 26.7. The maximum absolute atomic E-state index is 17.4. The van der Waals surface area contributed by atoms with E-state index in [1.54, 1.807) is 13.8 Å². The number of ether oxygens (including phenoxy) is 1. The highest BCUT2D eigenvalue weighted by molar-refractivity contribution is 8.13. The number of hydrogen-bond donors (Lipinski definition) is 1. The van der Waals surface area contributed by atoms with E-state index < -0.39 is 80.9 Å². The molecule has 37 heavy (non-hydrogen) atoms. The molecule has 0 aromatic heterocycles. The lowest BCUT2D eigenvalue weighted by atomic mass is 9.44. The molecule has 0 bridgehead atoms. The fourth-order valence-corrected chi connectivity index (χ4v) is 9.21. The summed E-state index contributed by atoms with van der Waals surface area (Å²) in [5.41, 5.74) is -6.02. The average Bonchev–Trinajstić information content (AvgIpc) is 3.02. The molecule has 5 rings (SSSR count). The molecule has 0 aromatic carbocycles. The number of esters is 1. The second kappa shape index (κ2) is 8.57. The van der Waals surface area contributed by atoms with Crippen molar-refractivity contribution in [1.82, 2.24) is 0 Å². The van der Waals surface area contributed by atoms with Crippen molar-refractivity contribution in [2.45, 2.75) is 76.4 Å². The van der Waals surface area contributed by atoms with Crippen LogP contribution in [0.2, 0.25) is 0 Å². The summed E-state index contributed by atoms with van der Waals surface area (Å²) in [6.45, 7) is 8.76. The number of allylic oxidation sites excluding steroid dienone is 5. The molecular weight excluding hydrogens is 505 g/mol. The fourth-order valence-electron chi connectivity index (χ4n) is 8.42. The van der Waals surface area contributed by atoms with Gasteiger partial charge in [-0.05, 0) is 74.4 Å². The predicted octanol–water partition coefficient (Wildman–Crippen LogP) is 4.99. The molecule has 0 saturated heterocycles. The molecule has 0 aromatic rings. The number of halogens is 3. The molecule has 1 N–H and O–H groups in total. The molecule has 5 aliphatic carbocycles. The van der Waals surface area contributed by atoms with Crippen molar-refractivity contribution < 1.29 is 37.4 Å². The third-order valence-electron chi connectivity index (χ3n) is 10.3. The average molecular weight is 539 g/mol. The Morgan fingerprint density at radius 2 is 1.92 bits per heavy atom. The molecule has 202 valence electrons. The van der Waals surface area contributed by atoms with Crippen LogP contribution in [-0.2, 0) is 19.1 Å². The van der Waals surface area contributed by atoms with Gasteiger partial charge in [0.1, 0.15) is 12.2 Å². The number of thioether (sulfide) groups is 1. The standard InChI is InChI=1S/C28H33F3O5S/c1-14-7-16(8-14)23(34)36-28(24(35)37-13-29)15(2)9-18-19-11-21(30)20-10-17(32)5-6-25(20,3)27(19,31)22(33)12-26(18,28)4/h5-6,10,15-16,18-19,21-22,33H,1,7-9,11-13H2,2-4H3/t15?,18-,19-,21?,22?,25-,26-,27?,28?/m0/s1. The number of fused-ring (bicyclic) bond motifs is 5. The van der Waals surface area contributed by atoms with Gasteiger partial charge in [-0.15, -0.1) is 0 Å². The zero-order valence-corrected chi connectivity index (χ0v) is 22.1. The zero-order valence-electron chi connectivity index (χ0n) is 21.3. The third-order valence-corrected chi connectivity index (χ3v) is 11.0. The van der Waals surface area contributed by atoms with Gasteiger partial charge in [0.15, 0.2) is 17.1 Å². The number of carbonyl (C=O) groups excluding carboxylic acids is 3. The number of ketones is 1. The molecule has 5 unspecified atom stereocenters. The third kappa shape index (κ3) is 3.31. The van der Waals surface area contributed by atoms with Gasteiger partial charge < -0.3 is 9.84 Å². The van der Waals surface area contributed by atoms with Crippen molar-refractivity contribution in [3.63, 3.8) is 0 Å². The van der Waals surface area contributed by atoms with Gasteiger partial charge in [0.2, 0.25) is 5.12 Å². The minimum absolute atomic E-state index is 0.0133. The first-order chi connectivity index (χ1) is 17.3. The molecule has 4 saturated carbocycles. The van der Waals surface area contributed by atoms with Crippen LogP contribution in [-0.4, -0.2) is 51.5 Å². The number of hydrogen-bond acceptors (Lipinski definition) is 6. The van der Waals surface area contributed by atoms with Gasteiger partial charge in [0.05, 0.1) is 12.0 Å². The Kier molecular flexibility index (Phi) is 6.19. The van der Waals surface area contributed by atoms with Crippen LogP contribution in [0.1, 0.15) is 52.9 Å². The van der Waals surface area contributed by atoms with E-state index in [1.165, 1.54) is 19.1 Å². The van der Waals surface area contributed by atoms with E-state index in [2.05, 4.69) is 6.58 Å². The lowest BCUT2D eigenvalue weighted by Crippen LogP contribution is -2.70. The van der Waals surface area contributed by atoms with Gasteiger partial charge in [0.25, 0.3) is 0 Å². The minimum Gasteiger partial charge on any atom is -0.449 e. The SMILES string of the molecule is C=C1CC(C(=O)OC2(C(=O)SCF)C(C)C[C@H]3[C@@H]4CC(F)C5=CC(=O)C=C[C@]5(C)C4(F)C(O)C[C@@]32C)C1. The number of carbonyl (C=O) groups is 3. The van der Waals surface area contributed by atoms with E-state index in [0.29, 0.717) is 24.6 Å². The van der Waals surface area contributed by atoms with Gasteiger partial charge in [-0.1, -0.05) is 32.1 Å². The van der Waals surface area contributed by atoms with Crippen molar-refractivity contribution in [3.8, 4) is 0 Å². The maximum atomic E-state index is 17.4. The molecule has 9 heteroatoms. The minimum atomic E-state index is -2.31. The summed E-state index contributed by atoms with van der Waals surface area (Å²) in [7, 11) is 0. The first-order valence-electron chi connectivity index (χ1n) is 12.8. The van der Waals surface area contributed by atoms with Crippen LogP contribution in [0.5, 0.6) is 0 Å². The van der Waals surface area contributed by atoms with Crippen LogP contribution in [0.25, 0.3) is 0 Å². The molecular formula is C28H33F3O5S. The van der Waals surface area contributed by atoms with E-state index in [0.717, 1.165) is 11.6 Å². The topological polar surface area (TPSA) is 80.7 Å². The molecule has 0 amide bonds. The van der Waals surface area contributed by atoms with Gasteiger partial charge in [-0.2, -0.15) is 0 Å². The monoisotopic (exact) mass is 538 g/mol. The summed E-state index contributed by atoms with van der Waals surface area (Å²) in [4.78, 5) is 38.8. The summed E-state index contributed by atoms with van der Waals surface area (Å²) >= 11 is 0.406. The molecule has 0 radical (unpaired) electrons. The van der Waals surface area contributed by atoms with Crippen LogP contribution in [0, 0.1) is 34.5 Å².